The maximum absolute atomic E-state index is 16.9. The molecule has 0 saturated carbocycles. The highest BCUT2D eigenvalue weighted by atomic mass is 19.1. The molecule has 6 heterocycles. The first-order valence-corrected chi connectivity index (χ1v) is 17.1. The van der Waals surface area contributed by atoms with Gasteiger partial charge in [-0.1, -0.05) is 12.0 Å². The number of hydrogen-bond donors (Lipinski definition) is 1. The third-order valence-corrected chi connectivity index (χ3v) is 10.2. The molecular formula is C38H32F4N8O3. The van der Waals surface area contributed by atoms with Crippen molar-refractivity contribution in [2.75, 3.05) is 50.8 Å². The number of rotatable bonds is 7. The van der Waals surface area contributed by atoms with Crippen LogP contribution in [0.25, 0.3) is 39.0 Å². The van der Waals surface area contributed by atoms with E-state index in [9.17, 15) is 23.1 Å². The van der Waals surface area contributed by atoms with Crippen LogP contribution in [0.15, 0.2) is 54.7 Å². The summed E-state index contributed by atoms with van der Waals surface area (Å²) in [5.41, 5.74) is -1.02. The lowest BCUT2D eigenvalue weighted by Crippen LogP contribution is -2.49. The number of carbonyl (C=O) groups excluding carboxylic acids is 1. The van der Waals surface area contributed by atoms with Crippen molar-refractivity contribution >= 4 is 39.5 Å². The molecule has 0 bridgehead atoms. The standard InChI is InChI=1S/C38H32F4N8O3/c1-2-25-28(40)6-5-22-15-24(51)16-26(31(22)25)33-32(42)34-27(19-45-33)35(47-37(46-34)53-21-38-7-3-10-50(38)20-23(39)18-38)48-11-13-49(14-12-48)36(52)29(41)17-30-43-8-4-9-44-30/h1,4-6,8-9,15-17,19,23,51H,3,7,10-14,18,20-21H2/b29-17-/t23-,38+/m1/s1. The molecule has 53 heavy (non-hydrogen) atoms. The molecule has 3 aromatic heterocycles. The summed E-state index contributed by atoms with van der Waals surface area (Å²) < 4.78 is 67.4. The number of aromatic nitrogens is 5. The third kappa shape index (κ3) is 6.22. The molecule has 3 saturated heterocycles. The second kappa shape index (κ2) is 13.6. The molecule has 2 atom stereocenters. The quantitative estimate of drug-likeness (QED) is 0.136. The monoisotopic (exact) mass is 724 g/mol. The van der Waals surface area contributed by atoms with Gasteiger partial charge in [-0.2, -0.15) is 9.97 Å². The number of fused-ring (bicyclic) bond motifs is 3. The van der Waals surface area contributed by atoms with Crippen LogP contribution in [0, 0.1) is 24.0 Å². The first-order chi connectivity index (χ1) is 25.6. The summed E-state index contributed by atoms with van der Waals surface area (Å²) in [6.45, 7) is 1.74. The number of carbonyl (C=O) groups is 1. The molecule has 270 valence electrons. The summed E-state index contributed by atoms with van der Waals surface area (Å²) in [6, 6.07) is 6.67. The molecule has 11 nitrogen and oxygen atoms in total. The minimum absolute atomic E-state index is 0.0537. The number of anilines is 1. The van der Waals surface area contributed by atoms with Crippen LogP contribution in [0.5, 0.6) is 11.8 Å². The molecule has 3 fully saturated rings. The highest BCUT2D eigenvalue weighted by molar-refractivity contribution is 6.03. The fourth-order valence-electron chi connectivity index (χ4n) is 7.75. The number of phenolic OH excluding ortho intramolecular Hbond substituents is 1. The van der Waals surface area contributed by atoms with Gasteiger partial charge in [-0.15, -0.1) is 6.42 Å². The maximum Gasteiger partial charge on any atom is 0.319 e. The van der Waals surface area contributed by atoms with Gasteiger partial charge in [-0.3, -0.25) is 14.7 Å². The van der Waals surface area contributed by atoms with Crippen molar-refractivity contribution in [3.05, 3.63) is 77.8 Å². The third-order valence-electron chi connectivity index (χ3n) is 10.2. The SMILES string of the molecule is C#Cc1c(F)ccc2cc(O)cc(-c3ncc4c(N5CCN(C(=O)/C(F)=C/c6ncccn6)CC5)nc(OC[C@@]56CCCN5C[C@H](F)C6)nc4c3F)c12. The molecular weight excluding hydrogens is 692 g/mol. The molecule has 0 aliphatic carbocycles. The Morgan fingerprint density at radius 1 is 1.09 bits per heavy atom. The number of hydrogen-bond acceptors (Lipinski definition) is 10. The average molecular weight is 725 g/mol. The minimum atomic E-state index is -1.01. The predicted molar refractivity (Wildman–Crippen MR) is 188 cm³/mol. The topological polar surface area (TPSA) is 121 Å². The van der Waals surface area contributed by atoms with Crippen molar-refractivity contribution in [2.24, 2.45) is 0 Å². The molecule has 8 rings (SSSR count). The van der Waals surface area contributed by atoms with E-state index in [2.05, 4.69) is 35.7 Å². The van der Waals surface area contributed by atoms with E-state index in [0.717, 1.165) is 25.5 Å². The number of ether oxygens (including phenoxy) is 1. The minimum Gasteiger partial charge on any atom is -0.508 e. The Morgan fingerprint density at radius 2 is 1.89 bits per heavy atom. The van der Waals surface area contributed by atoms with Gasteiger partial charge in [0, 0.05) is 74.8 Å². The number of piperazine rings is 1. The fraction of sp³-hybridized carbons (Fsp3) is 0.316. The Kier molecular flexibility index (Phi) is 8.77. The fourth-order valence-corrected chi connectivity index (χ4v) is 7.75. The zero-order chi connectivity index (χ0) is 36.9. The summed E-state index contributed by atoms with van der Waals surface area (Å²) >= 11 is 0. The number of phenols is 1. The summed E-state index contributed by atoms with van der Waals surface area (Å²) in [5.74, 6) is -0.996. The van der Waals surface area contributed by atoms with Gasteiger partial charge in [-0.05, 0) is 49.0 Å². The number of terminal acetylenes is 1. The summed E-state index contributed by atoms with van der Waals surface area (Å²) in [6.07, 6.45) is 11.8. The molecule has 0 radical (unpaired) electrons. The number of nitrogens with zero attached hydrogens (tertiary/aromatic N) is 8. The lowest BCUT2D eigenvalue weighted by molar-refractivity contribution is -0.128. The largest absolute Gasteiger partial charge is 0.508 e. The second-order valence-electron chi connectivity index (χ2n) is 13.4. The van der Waals surface area contributed by atoms with Crippen molar-refractivity contribution < 1.29 is 32.2 Å². The zero-order valence-corrected chi connectivity index (χ0v) is 28.3. The summed E-state index contributed by atoms with van der Waals surface area (Å²) in [5, 5.41) is 11.3. The summed E-state index contributed by atoms with van der Waals surface area (Å²) in [7, 11) is 0. The van der Waals surface area contributed by atoms with Crippen LogP contribution in [0.2, 0.25) is 0 Å². The number of aromatic hydroxyl groups is 1. The van der Waals surface area contributed by atoms with Crippen LogP contribution >= 0.6 is 0 Å². The lowest BCUT2D eigenvalue weighted by Gasteiger charge is -2.35. The van der Waals surface area contributed by atoms with Crippen molar-refractivity contribution in [1.82, 2.24) is 34.7 Å². The normalized spacial score (nSPS) is 20.6. The van der Waals surface area contributed by atoms with Gasteiger partial charge in [0.15, 0.2) is 17.5 Å². The number of pyridine rings is 1. The van der Waals surface area contributed by atoms with E-state index in [0.29, 0.717) is 18.4 Å². The van der Waals surface area contributed by atoms with Gasteiger partial charge in [0.2, 0.25) is 0 Å². The maximum atomic E-state index is 16.9. The lowest BCUT2D eigenvalue weighted by atomic mass is 9.95. The van der Waals surface area contributed by atoms with E-state index in [1.54, 1.807) is 11.0 Å². The Morgan fingerprint density at radius 3 is 2.66 bits per heavy atom. The van der Waals surface area contributed by atoms with Gasteiger partial charge < -0.3 is 19.6 Å². The summed E-state index contributed by atoms with van der Waals surface area (Å²) in [4.78, 5) is 39.6. The molecule has 3 aliphatic heterocycles. The number of alkyl halides is 1. The Labute approximate surface area is 301 Å². The van der Waals surface area contributed by atoms with Gasteiger partial charge in [0.05, 0.1) is 16.5 Å². The van der Waals surface area contributed by atoms with E-state index >= 15 is 4.39 Å². The molecule has 2 aromatic carbocycles. The Balaban J connectivity index is 1.17. The van der Waals surface area contributed by atoms with Crippen LogP contribution in [-0.4, -0.2) is 103 Å². The molecule has 0 spiro atoms. The van der Waals surface area contributed by atoms with E-state index in [-0.39, 0.29) is 89.3 Å². The number of amides is 1. The number of halogens is 4. The van der Waals surface area contributed by atoms with Crippen LogP contribution in [-0.2, 0) is 4.79 Å². The molecule has 3 aliphatic rings. The average Bonchev–Trinajstić information content (AvgIpc) is 3.69. The Hall–Kier alpha value is -5.88. The van der Waals surface area contributed by atoms with Crippen molar-refractivity contribution in [3.8, 4) is 35.4 Å². The first kappa shape index (κ1) is 34.2. The van der Waals surface area contributed by atoms with Crippen LogP contribution in [0.1, 0.15) is 30.7 Å². The van der Waals surface area contributed by atoms with Crippen LogP contribution in [0.3, 0.4) is 0 Å². The molecule has 1 N–H and O–H groups in total. The highest BCUT2D eigenvalue weighted by Crippen LogP contribution is 2.42. The zero-order valence-electron chi connectivity index (χ0n) is 28.3. The smallest absolute Gasteiger partial charge is 0.319 e. The van der Waals surface area contributed by atoms with Crippen LogP contribution < -0.4 is 9.64 Å². The van der Waals surface area contributed by atoms with Gasteiger partial charge in [-0.25, -0.2) is 27.5 Å². The first-order valence-electron chi connectivity index (χ1n) is 17.1. The van der Waals surface area contributed by atoms with Gasteiger partial charge >= 0.3 is 6.01 Å². The van der Waals surface area contributed by atoms with Gasteiger partial charge in [0.1, 0.15) is 41.4 Å². The second-order valence-corrected chi connectivity index (χ2v) is 13.4. The van der Waals surface area contributed by atoms with Crippen molar-refractivity contribution in [1.29, 1.82) is 0 Å². The van der Waals surface area contributed by atoms with E-state index in [1.807, 2.05) is 0 Å². The van der Waals surface area contributed by atoms with E-state index in [4.69, 9.17) is 11.2 Å². The van der Waals surface area contributed by atoms with Crippen molar-refractivity contribution in [2.45, 2.75) is 31.0 Å². The molecule has 5 aromatic rings. The molecule has 1 amide bonds. The van der Waals surface area contributed by atoms with Crippen molar-refractivity contribution in [3.63, 3.8) is 0 Å². The Bertz CT molecular complexity index is 2330. The van der Waals surface area contributed by atoms with Crippen LogP contribution in [0.4, 0.5) is 23.4 Å². The van der Waals surface area contributed by atoms with Gasteiger partial charge in [0.25, 0.3) is 5.91 Å². The van der Waals surface area contributed by atoms with E-state index in [1.165, 1.54) is 47.8 Å². The predicted octanol–water partition coefficient (Wildman–Crippen LogP) is 5.21. The molecule has 0 unspecified atom stereocenters. The molecule has 15 heteroatoms. The highest BCUT2D eigenvalue weighted by Gasteiger charge is 2.49. The van der Waals surface area contributed by atoms with E-state index < -0.39 is 35.1 Å². The number of benzene rings is 2.